The molecule has 1 saturated heterocycles. The zero-order valence-corrected chi connectivity index (χ0v) is 18.4. The van der Waals surface area contributed by atoms with Crippen LogP contribution in [0.1, 0.15) is 12.0 Å². The van der Waals surface area contributed by atoms with E-state index in [1.54, 1.807) is 24.3 Å². The molecule has 12 nitrogen and oxygen atoms in total. The van der Waals surface area contributed by atoms with E-state index < -0.39 is 21.2 Å². The number of hydrogen-bond donors (Lipinski definition) is 6. The Morgan fingerprint density at radius 3 is 2.75 bits per heavy atom. The number of hydrazone groups is 1. The minimum atomic E-state index is -4.39. The lowest BCUT2D eigenvalue weighted by Crippen LogP contribution is -2.31. The number of oxazole rings is 1. The lowest BCUT2D eigenvalue weighted by Gasteiger charge is -2.21. The fraction of sp³-hybridized carbons (Fsp3) is 0.222. The van der Waals surface area contributed by atoms with Crippen LogP contribution < -0.4 is 33.3 Å². The number of sulfonamides is 1. The summed E-state index contributed by atoms with van der Waals surface area (Å²) in [6.07, 6.45) is 0.624. The number of nitrogens with one attached hydrogen (secondary N) is 2. The van der Waals surface area contributed by atoms with Crippen molar-refractivity contribution in [3.63, 3.8) is 0 Å². The number of benzene rings is 2. The molecule has 0 bridgehead atoms. The predicted octanol–water partition coefficient (Wildman–Crippen LogP) is -0.722. The first kappa shape index (κ1) is 22.3. The van der Waals surface area contributed by atoms with E-state index in [0.29, 0.717) is 41.7 Å². The first-order valence-electron chi connectivity index (χ1n) is 9.48. The smallest absolute Gasteiger partial charge is 0.293 e. The van der Waals surface area contributed by atoms with E-state index in [-0.39, 0.29) is 32.5 Å². The average Bonchev–Trinajstić information content (AvgIpc) is 3.40. The van der Waals surface area contributed by atoms with Gasteiger partial charge in [0, 0.05) is 25.1 Å². The van der Waals surface area contributed by atoms with Gasteiger partial charge < -0.3 is 25.8 Å². The van der Waals surface area contributed by atoms with Crippen LogP contribution in [0, 0.1) is 0 Å². The van der Waals surface area contributed by atoms with Crippen LogP contribution in [0.5, 0.6) is 0 Å². The van der Waals surface area contributed by atoms with E-state index in [9.17, 15) is 13.0 Å². The molecule has 10 N–H and O–H groups in total. The van der Waals surface area contributed by atoms with Crippen LogP contribution in [0.25, 0.3) is 22.2 Å². The highest BCUT2D eigenvalue weighted by Crippen LogP contribution is 2.38. The highest BCUT2D eigenvalue weighted by molar-refractivity contribution is 7.94. The van der Waals surface area contributed by atoms with Crippen LogP contribution in [0.15, 0.2) is 49.6 Å². The zero-order valence-electron chi connectivity index (χ0n) is 16.7. The maximum absolute atomic E-state index is 13.3. The van der Waals surface area contributed by atoms with Gasteiger partial charge in [-0.3, -0.25) is 0 Å². The number of primary sulfonamides is 1. The molecule has 0 amide bonds. The van der Waals surface area contributed by atoms with Gasteiger partial charge in [-0.15, -0.1) is 5.10 Å². The average molecular weight is 479 g/mol. The minimum Gasteiger partial charge on any atom is -0.611 e. The van der Waals surface area contributed by atoms with Crippen molar-refractivity contribution in [1.29, 1.82) is 0 Å². The predicted molar refractivity (Wildman–Crippen MR) is 121 cm³/mol. The molecular formula is C18H22N8O4S2. The molecule has 2 heterocycles. The van der Waals surface area contributed by atoms with Crippen molar-refractivity contribution in [1.82, 2.24) is 15.8 Å². The molecule has 32 heavy (non-hydrogen) atoms. The number of nitrogens with zero attached hydrogens (tertiary/aromatic N) is 2. The van der Waals surface area contributed by atoms with Crippen LogP contribution in [0.4, 0.5) is 6.01 Å². The molecule has 4 rings (SSSR count). The maximum atomic E-state index is 13.3. The normalized spacial score (nSPS) is 18.2. The molecule has 14 heteroatoms. The summed E-state index contributed by atoms with van der Waals surface area (Å²) >= 11 is -1.67. The van der Waals surface area contributed by atoms with E-state index in [0.717, 1.165) is 0 Å². The maximum Gasteiger partial charge on any atom is 0.293 e. The summed E-state index contributed by atoms with van der Waals surface area (Å²) < 4.78 is 44.2. The van der Waals surface area contributed by atoms with Crippen molar-refractivity contribution in [3.05, 3.63) is 35.9 Å². The molecule has 2 unspecified atom stereocenters. The molecule has 1 aliphatic heterocycles. The molecular weight excluding hydrogens is 456 g/mol. The van der Waals surface area contributed by atoms with Gasteiger partial charge in [-0.25, -0.2) is 24.9 Å². The third-order valence-electron chi connectivity index (χ3n) is 5.11. The number of aromatic nitrogens is 1. The van der Waals surface area contributed by atoms with Gasteiger partial charge in [-0.1, -0.05) is 12.1 Å². The Labute approximate surface area is 186 Å². The van der Waals surface area contributed by atoms with Gasteiger partial charge >= 0.3 is 0 Å². The second-order valence-electron chi connectivity index (χ2n) is 7.10. The minimum absolute atomic E-state index is 0.0435. The molecule has 1 aromatic heterocycles. The van der Waals surface area contributed by atoms with E-state index in [2.05, 4.69) is 20.9 Å². The van der Waals surface area contributed by atoms with Crippen LogP contribution in [-0.4, -0.2) is 42.1 Å². The fourth-order valence-electron chi connectivity index (χ4n) is 3.78. The summed E-state index contributed by atoms with van der Waals surface area (Å²) in [7, 11) is -4.39. The Morgan fingerprint density at radius 2 is 2.09 bits per heavy atom. The molecule has 170 valence electrons. The number of hydrogen-bond acceptors (Lipinski definition) is 10. The summed E-state index contributed by atoms with van der Waals surface area (Å²) in [4.78, 5) is 3.85. The second-order valence-corrected chi connectivity index (χ2v) is 10.3. The summed E-state index contributed by atoms with van der Waals surface area (Å²) in [5.74, 6) is 5.03. The molecule has 0 saturated carbocycles. The molecule has 1 fully saturated rings. The lowest BCUT2D eigenvalue weighted by molar-refractivity contribution is 0.574. The molecule has 0 radical (unpaired) electrons. The standard InChI is InChI=1S/C18H22N8O4S2/c19-17(25-26-21)14-10(11-2-1-3-12-15(11)24-18(20)30-12)4-5-13(16(14)32(22,28)29)31(27)9-6-7-23-8-9/h1-5,9,23,26H,6-8,21H2,(H2,19,25)(H2,20,24)(H2,22,28,29). The van der Waals surface area contributed by atoms with Crippen LogP contribution >= 0.6 is 0 Å². The monoisotopic (exact) mass is 478 g/mol. The van der Waals surface area contributed by atoms with Gasteiger partial charge in [0.2, 0.25) is 10.0 Å². The van der Waals surface area contributed by atoms with Crippen molar-refractivity contribution in [3.8, 4) is 11.1 Å². The molecule has 3 aromatic rings. The number of anilines is 1. The summed E-state index contributed by atoms with van der Waals surface area (Å²) in [5.41, 5.74) is 15.4. The van der Waals surface area contributed by atoms with Crippen LogP contribution in [0.2, 0.25) is 0 Å². The molecule has 0 spiro atoms. The summed E-state index contributed by atoms with van der Waals surface area (Å²) in [6.45, 7) is 1.17. The summed E-state index contributed by atoms with van der Waals surface area (Å²) in [6, 6.07) is 8.05. The van der Waals surface area contributed by atoms with E-state index in [1.807, 2.05) is 0 Å². The topological polar surface area (TPSA) is 224 Å². The fourth-order valence-corrected chi connectivity index (χ4v) is 6.67. The Balaban J connectivity index is 2.06. The first-order valence-corrected chi connectivity index (χ1v) is 12.2. The van der Waals surface area contributed by atoms with Crippen LogP contribution in [-0.2, 0) is 21.2 Å². The van der Waals surface area contributed by atoms with Gasteiger partial charge in [-0.05, 0) is 34.9 Å². The van der Waals surface area contributed by atoms with Gasteiger partial charge in [0.25, 0.3) is 6.01 Å². The highest BCUT2D eigenvalue weighted by Gasteiger charge is 2.36. The van der Waals surface area contributed by atoms with Gasteiger partial charge in [0.1, 0.15) is 15.7 Å². The molecule has 2 atom stereocenters. The second kappa shape index (κ2) is 8.57. The zero-order chi connectivity index (χ0) is 23.0. The number of nitrogens with two attached hydrogens (primary N) is 4. The third kappa shape index (κ3) is 3.99. The van der Waals surface area contributed by atoms with Gasteiger partial charge in [0.15, 0.2) is 16.3 Å². The lowest BCUT2D eigenvalue weighted by atomic mass is 9.98. The highest BCUT2D eigenvalue weighted by atomic mass is 32.2. The van der Waals surface area contributed by atoms with Gasteiger partial charge in [0.05, 0.1) is 5.56 Å². The number of para-hydroxylation sites is 1. The third-order valence-corrected chi connectivity index (χ3v) is 8.01. The Morgan fingerprint density at radius 1 is 1.31 bits per heavy atom. The van der Waals surface area contributed by atoms with Crippen molar-refractivity contribution < 1.29 is 17.4 Å². The Bertz CT molecular complexity index is 1300. The number of amidine groups is 1. The van der Waals surface area contributed by atoms with Gasteiger partial charge in [-0.2, -0.15) is 4.98 Å². The Hall–Kier alpha value is -2.88. The number of nitrogen functional groups attached to an aromatic ring is 1. The first-order chi connectivity index (χ1) is 15.2. The number of hydrazine groups is 1. The summed E-state index contributed by atoms with van der Waals surface area (Å²) in [5, 5.41) is 12.2. The SMILES string of the molecule is NN/N=C(\N)c1c(-c2cccc3oc(N)nc23)ccc([S+]([O-])C2CCNC2)c1S(N)(=O)=O. The Kier molecular flexibility index (Phi) is 5.98. The van der Waals surface area contributed by atoms with Crippen molar-refractivity contribution in [2.75, 3.05) is 18.8 Å². The number of fused-ring (bicyclic) bond motifs is 1. The van der Waals surface area contributed by atoms with Crippen molar-refractivity contribution >= 4 is 44.1 Å². The van der Waals surface area contributed by atoms with Crippen LogP contribution in [0.3, 0.4) is 0 Å². The van der Waals surface area contributed by atoms with E-state index in [4.69, 9.17) is 26.9 Å². The molecule has 0 aliphatic carbocycles. The number of rotatable bonds is 6. The van der Waals surface area contributed by atoms with Crippen molar-refractivity contribution in [2.24, 2.45) is 21.8 Å². The van der Waals surface area contributed by atoms with E-state index in [1.165, 1.54) is 6.07 Å². The molecule has 2 aromatic carbocycles. The quantitative estimate of drug-likeness (QED) is 0.0856. The molecule has 1 aliphatic rings. The largest absolute Gasteiger partial charge is 0.611 e. The van der Waals surface area contributed by atoms with E-state index >= 15 is 0 Å². The van der Waals surface area contributed by atoms with Crippen molar-refractivity contribution in [2.45, 2.75) is 21.5 Å².